The predicted molar refractivity (Wildman–Crippen MR) is 105 cm³/mol. The van der Waals surface area contributed by atoms with Crippen LogP contribution in [0.2, 0.25) is 0 Å². The third-order valence-corrected chi connectivity index (χ3v) is 5.49. The van der Waals surface area contributed by atoms with Gasteiger partial charge in [-0.1, -0.05) is 12.1 Å². The lowest BCUT2D eigenvalue weighted by molar-refractivity contribution is -0.121. The number of benzene rings is 1. The van der Waals surface area contributed by atoms with Crippen molar-refractivity contribution >= 4 is 22.5 Å². The molecule has 1 aliphatic carbocycles. The highest BCUT2D eigenvalue weighted by Crippen LogP contribution is 2.30. The Kier molecular flexibility index (Phi) is 4.90. The first-order valence-electron chi connectivity index (χ1n) is 9.43. The van der Waals surface area contributed by atoms with E-state index in [9.17, 15) is 9.90 Å². The number of aliphatic hydroxyl groups is 1. The summed E-state index contributed by atoms with van der Waals surface area (Å²) in [5.74, 6) is 0.965. The number of hydrogen-bond acceptors (Lipinski definition) is 4. The maximum Gasteiger partial charge on any atom is 0.228 e. The number of amides is 1. The molecule has 3 aromatic rings. The van der Waals surface area contributed by atoms with Crippen molar-refractivity contribution in [3.8, 4) is 11.1 Å². The van der Waals surface area contributed by atoms with E-state index in [1.807, 2.05) is 31.6 Å². The van der Waals surface area contributed by atoms with Crippen LogP contribution in [0.15, 0.2) is 42.9 Å². The molecule has 4 rings (SSSR count). The first-order chi connectivity index (χ1) is 13.1. The summed E-state index contributed by atoms with van der Waals surface area (Å²) >= 11 is 0. The van der Waals surface area contributed by atoms with Gasteiger partial charge in [-0.05, 0) is 54.7 Å². The summed E-state index contributed by atoms with van der Waals surface area (Å²) in [5.41, 5.74) is 2.14. The minimum atomic E-state index is 0.00650. The van der Waals surface area contributed by atoms with Gasteiger partial charge in [0.1, 0.15) is 5.82 Å². The predicted octanol–water partition coefficient (Wildman–Crippen LogP) is 3.37. The molecule has 0 aliphatic heterocycles. The summed E-state index contributed by atoms with van der Waals surface area (Å²) < 4.78 is 1.78. The lowest BCUT2D eigenvalue weighted by Gasteiger charge is -2.26. The summed E-state index contributed by atoms with van der Waals surface area (Å²) in [5, 5.41) is 18.5. The average Bonchev–Trinajstić information content (AvgIpc) is 3.14. The van der Waals surface area contributed by atoms with Crippen LogP contribution in [0.4, 0.5) is 5.82 Å². The maximum absolute atomic E-state index is 12.6. The van der Waals surface area contributed by atoms with E-state index >= 15 is 0 Å². The van der Waals surface area contributed by atoms with Crippen LogP contribution in [0, 0.1) is 11.8 Å². The SMILES string of the molecule is Cn1cc(-c2ccc3cnc(NC(=O)C4CCC(CO)CC4)cc3c2)cn1. The van der Waals surface area contributed by atoms with Gasteiger partial charge in [-0.2, -0.15) is 5.10 Å². The number of carbonyl (C=O) groups excluding carboxylic acids is 1. The number of fused-ring (bicyclic) bond motifs is 1. The molecule has 0 atom stereocenters. The molecule has 6 nitrogen and oxygen atoms in total. The number of aromatic nitrogens is 3. The quantitative estimate of drug-likeness (QED) is 0.744. The van der Waals surface area contributed by atoms with E-state index in [4.69, 9.17) is 0 Å². The molecule has 0 saturated heterocycles. The Morgan fingerprint density at radius 2 is 1.96 bits per heavy atom. The minimum absolute atomic E-state index is 0.00650. The number of hydrogen-bond donors (Lipinski definition) is 2. The summed E-state index contributed by atoms with van der Waals surface area (Å²) in [4.78, 5) is 17.0. The Morgan fingerprint density at radius 1 is 1.15 bits per heavy atom. The van der Waals surface area contributed by atoms with Crippen LogP contribution in [-0.2, 0) is 11.8 Å². The molecule has 1 fully saturated rings. The van der Waals surface area contributed by atoms with Crippen LogP contribution in [0.3, 0.4) is 0 Å². The molecule has 0 radical (unpaired) electrons. The molecule has 1 aromatic carbocycles. The molecule has 2 aromatic heterocycles. The molecule has 2 heterocycles. The van der Waals surface area contributed by atoms with Crippen molar-refractivity contribution in [1.82, 2.24) is 14.8 Å². The van der Waals surface area contributed by atoms with E-state index in [2.05, 4.69) is 27.5 Å². The van der Waals surface area contributed by atoms with Crippen molar-refractivity contribution in [2.75, 3.05) is 11.9 Å². The highest BCUT2D eigenvalue weighted by Gasteiger charge is 2.26. The van der Waals surface area contributed by atoms with Crippen LogP contribution in [0.5, 0.6) is 0 Å². The molecule has 27 heavy (non-hydrogen) atoms. The van der Waals surface area contributed by atoms with Gasteiger partial charge in [0.15, 0.2) is 0 Å². The fourth-order valence-electron chi connectivity index (χ4n) is 3.79. The van der Waals surface area contributed by atoms with Gasteiger partial charge in [0.2, 0.25) is 5.91 Å². The van der Waals surface area contributed by atoms with Gasteiger partial charge < -0.3 is 10.4 Å². The normalized spacial score (nSPS) is 19.9. The van der Waals surface area contributed by atoms with Crippen molar-refractivity contribution in [2.45, 2.75) is 25.7 Å². The molecule has 1 amide bonds. The maximum atomic E-state index is 12.6. The van der Waals surface area contributed by atoms with Crippen molar-refractivity contribution < 1.29 is 9.90 Å². The lowest BCUT2D eigenvalue weighted by Crippen LogP contribution is -2.28. The molecule has 140 valence electrons. The molecule has 1 aliphatic rings. The number of aliphatic hydroxyl groups excluding tert-OH is 1. The number of pyridine rings is 1. The summed E-state index contributed by atoms with van der Waals surface area (Å²) in [6, 6.07) is 8.11. The van der Waals surface area contributed by atoms with Crippen molar-refractivity contribution in [3.63, 3.8) is 0 Å². The first-order valence-corrected chi connectivity index (χ1v) is 9.43. The second-order valence-corrected chi connectivity index (χ2v) is 7.42. The molecule has 0 spiro atoms. The van der Waals surface area contributed by atoms with E-state index in [1.54, 1.807) is 10.9 Å². The number of aryl methyl sites for hydroxylation is 1. The van der Waals surface area contributed by atoms with Gasteiger partial charge >= 0.3 is 0 Å². The van der Waals surface area contributed by atoms with E-state index in [-0.39, 0.29) is 18.4 Å². The Bertz CT molecular complexity index is 958. The van der Waals surface area contributed by atoms with Gasteiger partial charge in [-0.3, -0.25) is 9.48 Å². The largest absolute Gasteiger partial charge is 0.396 e. The van der Waals surface area contributed by atoms with Gasteiger partial charge in [0, 0.05) is 42.9 Å². The molecule has 6 heteroatoms. The smallest absolute Gasteiger partial charge is 0.228 e. The van der Waals surface area contributed by atoms with Gasteiger partial charge in [0.05, 0.1) is 6.20 Å². The lowest BCUT2D eigenvalue weighted by atomic mass is 9.82. The van der Waals surface area contributed by atoms with E-state index in [0.717, 1.165) is 47.6 Å². The second-order valence-electron chi connectivity index (χ2n) is 7.42. The van der Waals surface area contributed by atoms with Gasteiger partial charge in [-0.15, -0.1) is 0 Å². The van der Waals surface area contributed by atoms with Crippen molar-refractivity contribution in [3.05, 3.63) is 42.9 Å². The highest BCUT2D eigenvalue weighted by atomic mass is 16.3. The van der Waals surface area contributed by atoms with Crippen molar-refractivity contribution in [1.29, 1.82) is 0 Å². The minimum Gasteiger partial charge on any atom is -0.396 e. The summed E-state index contributed by atoms with van der Waals surface area (Å²) in [7, 11) is 1.90. The van der Waals surface area contributed by atoms with Gasteiger partial charge in [-0.25, -0.2) is 4.98 Å². The summed E-state index contributed by atoms with van der Waals surface area (Å²) in [6.07, 6.45) is 9.09. The Balaban J connectivity index is 1.51. The number of nitrogens with zero attached hydrogens (tertiary/aromatic N) is 3. The second kappa shape index (κ2) is 7.48. The van der Waals surface area contributed by atoms with E-state index in [1.165, 1.54) is 0 Å². The fraction of sp³-hybridized carbons (Fsp3) is 0.381. The standard InChI is InChI=1S/C21H24N4O2/c1-25-12-19(11-23-25)16-6-7-17-10-22-20(9-18(17)8-16)24-21(27)15-4-2-14(13-26)3-5-15/h6-12,14-15,26H,2-5,13H2,1H3,(H,22,24,27). The number of rotatable bonds is 4. The van der Waals surface area contributed by atoms with Crippen LogP contribution in [-0.4, -0.2) is 32.4 Å². The zero-order valence-corrected chi connectivity index (χ0v) is 15.4. The van der Waals surface area contributed by atoms with E-state index < -0.39 is 0 Å². The molecular formula is C21H24N4O2. The Labute approximate surface area is 158 Å². The Hall–Kier alpha value is -2.73. The topological polar surface area (TPSA) is 80.0 Å². The Morgan fingerprint density at radius 3 is 2.67 bits per heavy atom. The number of anilines is 1. The third kappa shape index (κ3) is 3.85. The first kappa shape index (κ1) is 17.7. The summed E-state index contributed by atoms with van der Waals surface area (Å²) in [6.45, 7) is 0.222. The van der Waals surface area contributed by atoms with Crippen LogP contribution < -0.4 is 5.32 Å². The molecule has 1 saturated carbocycles. The monoisotopic (exact) mass is 364 g/mol. The van der Waals surface area contributed by atoms with Gasteiger partial charge in [0.25, 0.3) is 0 Å². The van der Waals surface area contributed by atoms with Crippen LogP contribution >= 0.6 is 0 Å². The number of nitrogens with one attached hydrogen (secondary N) is 1. The number of carbonyl (C=O) groups is 1. The van der Waals surface area contributed by atoms with Crippen molar-refractivity contribution in [2.24, 2.45) is 18.9 Å². The average molecular weight is 364 g/mol. The highest BCUT2D eigenvalue weighted by molar-refractivity contribution is 5.95. The fourth-order valence-corrected chi connectivity index (χ4v) is 3.79. The third-order valence-electron chi connectivity index (χ3n) is 5.49. The molecule has 2 N–H and O–H groups in total. The zero-order valence-electron chi connectivity index (χ0n) is 15.4. The molecular weight excluding hydrogens is 340 g/mol. The molecule has 0 bridgehead atoms. The van der Waals surface area contributed by atoms with E-state index in [0.29, 0.717) is 11.7 Å². The zero-order chi connectivity index (χ0) is 18.8. The van der Waals surface area contributed by atoms with Crippen LogP contribution in [0.25, 0.3) is 21.9 Å². The van der Waals surface area contributed by atoms with Crippen LogP contribution in [0.1, 0.15) is 25.7 Å². The molecule has 0 unspecified atom stereocenters.